The number of halogens is 2. The van der Waals surface area contributed by atoms with Crippen LogP contribution in [0.4, 0.5) is 0 Å². The molecule has 0 aliphatic rings. The zero-order valence-corrected chi connectivity index (χ0v) is 14.2. The van der Waals surface area contributed by atoms with Crippen molar-refractivity contribution in [3.63, 3.8) is 0 Å². The van der Waals surface area contributed by atoms with Crippen molar-refractivity contribution in [3.05, 3.63) is 0 Å². The average Bonchev–Trinajstić information content (AvgIpc) is 1.12. The molecule has 0 aromatic carbocycles. The monoisotopic (exact) mass is 370 g/mol. The van der Waals surface area contributed by atoms with Gasteiger partial charge in [-0.3, -0.25) is 22.8 Å². The van der Waals surface area contributed by atoms with Crippen LogP contribution in [0.3, 0.4) is 0 Å². The van der Waals surface area contributed by atoms with Crippen molar-refractivity contribution in [2.24, 2.45) is 0 Å². The summed E-state index contributed by atoms with van der Waals surface area (Å²) in [6.07, 6.45) is 0. The normalized spacial score (nSPS) is 9.08. The first-order valence-electron chi connectivity index (χ1n) is 1.32. The van der Waals surface area contributed by atoms with E-state index in [1.54, 1.807) is 0 Å². The summed E-state index contributed by atoms with van der Waals surface area (Å²) in [5.74, 6) is 0. The second kappa shape index (κ2) is 12.8. The number of hydrogen-bond acceptors (Lipinski definition) is 6. The van der Waals surface area contributed by atoms with Gasteiger partial charge in [0.05, 0.1) is 0 Å². The summed E-state index contributed by atoms with van der Waals surface area (Å²) in [5, 5.41) is 0. The Hall–Kier alpha value is 2.73. The van der Waals surface area contributed by atoms with Gasteiger partial charge in [0.15, 0.2) is 0 Å². The Bertz CT molecular complexity index is 157. The van der Waals surface area contributed by atoms with E-state index in [1.807, 2.05) is 0 Å². The molecule has 0 saturated carbocycles. The van der Waals surface area contributed by atoms with E-state index in [2.05, 4.69) is 0 Å². The Morgan fingerprint density at radius 3 is 0.923 bits per heavy atom. The van der Waals surface area contributed by atoms with Crippen LogP contribution in [0.15, 0.2) is 0 Å². The SMILES string of the molecule is O=S(=O)(O)O.[Cl-].[Na+].[Na+].[O-][I+3]([O-])([O-])[O-]. The maximum absolute atomic E-state index is 8.74. The van der Waals surface area contributed by atoms with Gasteiger partial charge in [0.25, 0.3) is 0 Å². The molecule has 2 N–H and O–H groups in total. The summed E-state index contributed by atoms with van der Waals surface area (Å²) in [6, 6.07) is 0. The van der Waals surface area contributed by atoms with Gasteiger partial charge in [-0.1, -0.05) is 0 Å². The van der Waals surface area contributed by atoms with Gasteiger partial charge in [0.1, 0.15) is 20.1 Å². The zero-order chi connectivity index (χ0) is 9.00. The molecule has 0 aliphatic carbocycles. The first-order chi connectivity index (χ1) is 4.00. The van der Waals surface area contributed by atoms with Gasteiger partial charge in [-0.15, -0.1) is 0 Å². The molecule has 0 rings (SSSR count). The van der Waals surface area contributed by atoms with Crippen LogP contribution in [0.5, 0.6) is 0 Å². The fourth-order valence-electron chi connectivity index (χ4n) is 0. The van der Waals surface area contributed by atoms with Crippen LogP contribution in [-0.4, -0.2) is 17.5 Å². The molecular weight excluding hydrogens is 368 g/mol. The molecule has 0 bridgehead atoms. The van der Waals surface area contributed by atoms with E-state index in [9.17, 15) is 0 Å². The van der Waals surface area contributed by atoms with Crippen LogP contribution < -0.4 is 105 Å². The predicted molar refractivity (Wildman–Crippen MR) is 14.2 cm³/mol. The predicted octanol–water partition coefficient (Wildman–Crippen LogP) is -17.4. The van der Waals surface area contributed by atoms with Crippen LogP contribution in [0, 0.1) is 0 Å². The maximum atomic E-state index is 8.74. The third-order valence-electron chi connectivity index (χ3n) is 0. The van der Waals surface area contributed by atoms with Crippen LogP contribution in [-0.2, 0) is 10.4 Å². The van der Waals surface area contributed by atoms with Crippen molar-refractivity contribution in [2.45, 2.75) is 0 Å². The fraction of sp³-hybridized carbons (Fsp3) is 0. The summed E-state index contributed by atoms with van der Waals surface area (Å²) in [4.78, 5) is 0. The molecule has 0 fully saturated rings. The van der Waals surface area contributed by atoms with E-state index in [0.29, 0.717) is 0 Å². The summed E-state index contributed by atoms with van der Waals surface area (Å²) in [5.41, 5.74) is 0. The summed E-state index contributed by atoms with van der Waals surface area (Å²) in [7, 11) is -4.67. The van der Waals surface area contributed by atoms with Crippen LogP contribution in [0.2, 0.25) is 0 Å². The molecule has 13 heteroatoms. The molecule has 0 atom stereocenters. The minimum absolute atomic E-state index is 0. The van der Waals surface area contributed by atoms with Gasteiger partial charge < -0.3 is 12.4 Å². The van der Waals surface area contributed by atoms with Crippen LogP contribution >= 0.6 is 0 Å². The van der Waals surface area contributed by atoms with E-state index in [-0.39, 0.29) is 71.5 Å². The average molecular weight is 370 g/mol. The summed E-state index contributed by atoms with van der Waals surface area (Å²) < 4.78 is 66.1. The topological polar surface area (TPSA) is 167 Å². The van der Waals surface area contributed by atoms with Gasteiger partial charge in [-0.2, -0.15) is 8.42 Å². The molecule has 8 nitrogen and oxygen atoms in total. The van der Waals surface area contributed by atoms with Crippen LogP contribution in [0.1, 0.15) is 0 Å². The molecule has 0 radical (unpaired) electrons. The first-order valence-corrected chi connectivity index (χ1v) is 6.24. The number of rotatable bonds is 0. The van der Waals surface area contributed by atoms with E-state index in [0.717, 1.165) is 0 Å². The zero-order valence-electron chi connectivity index (χ0n) is 6.51. The first kappa shape index (κ1) is 29.6. The van der Waals surface area contributed by atoms with Gasteiger partial charge in [0.2, 0.25) is 0 Å². The van der Waals surface area contributed by atoms with E-state index < -0.39 is 30.5 Å². The van der Waals surface area contributed by atoms with Gasteiger partial charge in [-0.05, 0) is 0 Å². The summed E-state index contributed by atoms with van der Waals surface area (Å²) >= 11 is -5.94. The second-order valence-corrected chi connectivity index (χ2v) is 3.88. The Balaban J connectivity index is -0.0000000267. The molecule has 0 heterocycles. The third kappa shape index (κ3) is 320. The van der Waals surface area contributed by atoms with Crippen molar-refractivity contribution in [1.82, 2.24) is 0 Å². The maximum Gasteiger partial charge on any atom is 1.00 e. The minimum atomic E-state index is -5.94. The van der Waals surface area contributed by atoms with Crippen molar-refractivity contribution < 1.29 is 123 Å². The molecular formula is H2ClINa2O8S. The van der Waals surface area contributed by atoms with E-state index in [1.165, 1.54) is 0 Å². The van der Waals surface area contributed by atoms with E-state index >= 15 is 0 Å². The Morgan fingerprint density at radius 2 is 0.923 bits per heavy atom. The molecule has 0 unspecified atom stereocenters. The Kier molecular flexibility index (Phi) is 29.2. The molecule has 0 aromatic rings. The fourth-order valence-corrected chi connectivity index (χ4v) is 0. The summed E-state index contributed by atoms with van der Waals surface area (Å²) in [6.45, 7) is 0. The van der Waals surface area contributed by atoms with Gasteiger partial charge in [0, 0.05) is 0 Å². The van der Waals surface area contributed by atoms with Crippen LogP contribution in [0.25, 0.3) is 0 Å². The standard InChI is InChI=1S/ClH.IO4.2Na.H2O4S/c;2-1(3,4)5;;;1-5(2,3)4/h1H;;;;(H2,1,2,3,4)/q;-1;2*+1;/p-1. The quantitative estimate of drug-likeness (QED) is 0.241. The number of hydrogen-bond donors (Lipinski definition) is 2. The van der Waals surface area contributed by atoms with Gasteiger partial charge in [-0.25, -0.2) is 0 Å². The van der Waals surface area contributed by atoms with Crippen molar-refractivity contribution >= 4 is 10.4 Å². The third-order valence-corrected chi connectivity index (χ3v) is 0. The van der Waals surface area contributed by atoms with Crippen molar-refractivity contribution in [1.29, 1.82) is 0 Å². The molecule has 13 heavy (non-hydrogen) atoms. The molecule has 72 valence electrons. The molecule has 0 amide bonds. The molecule has 0 aliphatic heterocycles. The molecule has 0 saturated heterocycles. The van der Waals surface area contributed by atoms with Crippen molar-refractivity contribution in [3.8, 4) is 0 Å². The largest absolute Gasteiger partial charge is 1.00 e. The van der Waals surface area contributed by atoms with E-state index in [4.69, 9.17) is 31.3 Å². The van der Waals surface area contributed by atoms with Crippen molar-refractivity contribution in [2.75, 3.05) is 0 Å². The Morgan fingerprint density at radius 1 is 0.923 bits per heavy atom. The molecule has 0 aromatic heterocycles. The molecule has 0 spiro atoms. The smallest absolute Gasteiger partial charge is 1.00 e. The minimum Gasteiger partial charge on any atom is -1.00 e. The Labute approximate surface area is 131 Å². The van der Waals surface area contributed by atoms with Gasteiger partial charge >= 0.3 is 69.5 Å². The second-order valence-electron chi connectivity index (χ2n) is 0.826.